The van der Waals surface area contributed by atoms with Gasteiger partial charge in [-0.15, -0.1) is 0 Å². The Labute approximate surface area is 129 Å². The van der Waals surface area contributed by atoms with Gasteiger partial charge in [0.05, 0.1) is 11.0 Å². The van der Waals surface area contributed by atoms with Crippen molar-refractivity contribution in [1.82, 2.24) is 9.97 Å². The van der Waals surface area contributed by atoms with Crippen LogP contribution in [0.4, 0.5) is 5.69 Å². The summed E-state index contributed by atoms with van der Waals surface area (Å²) in [5, 5.41) is 0. The zero-order valence-electron chi connectivity index (χ0n) is 12.1. The van der Waals surface area contributed by atoms with Crippen molar-refractivity contribution in [3.8, 4) is 0 Å². The molecule has 21 heavy (non-hydrogen) atoms. The minimum absolute atomic E-state index is 0.770. The minimum atomic E-state index is 0.770. The number of aromatic nitrogens is 2. The zero-order valence-corrected chi connectivity index (χ0v) is 12.9. The molecule has 0 radical (unpaired) electrons. The lowest BCUT2D eigenvalue weighted by Crippen LogP contribution is -1.93. The van der Waals surface area contributed by atoms with Crippen LogP contribution in [0.3, 0.4) is 0 Å². The fourth-order valence-corrected chi connectivity index (χ4v) is 3.35. The van der Waals surface area contributed by atoms with Gasteiger partial charge in [-0.1, -0.05) is 24.3 Å². The number of rotatable bonds is 5. The summed E-state index contributed by atoms with van der Waals surface area (Å²) in [5.74, 6) is 3.15. The summed E-state index contributed by atoms with van der Waals surface area (Å²) in [7, 11) is 0. The van der Waals surface area contributed by atoms with Gasteiger partial charge in [0.15, 0.2) is 0 Å². The van der Waals surface area contributed by atoms with E-state index in [4.69, 9.17) is 5.73 Å². The maximum Gasteiger partial charge on any atom is 0.108 e. The first-order valence-corrected chi connectivity index (χ1v) is 8.24. The summed E-state index contributed by atoms with van der Waals surface area (Å²) in [4.78, 5) is 7.93. The molecule has 3 nitrogen and oxygen atoms in total. The van der Waals surface area contributed by atoms with Gasteiger partial charge in [0, 0.05) is 23.6 Å². The molecule has 0 fully saturated rings. The first kappa shape index (κ1) is 14.0. The van der Waals surface area contributed by atoms with E-state index in [0.29, 0.717) is 0 Å². The monoisotopic (exact) mass is 297 g/mol. The third kappa shape index (κ3) is 3.39. The van der Waals surface area contributed by atoms with E-state index in [2.05, 4.69) is 41.2 Å². The van der Waals surface area contributed by atoms with Crippen LogP contribution in [0.15, 0.2) is 42.5 Å². The molecular weight excluding hydrogens is 278 g/mol. The van der Waals surface area contributed by atoms with Gasteiger partial charge in [-0.05, 0) is 36.2 Å². The second kappa shape index (κ2) is 6.22. The third-order valence-corrected chi connectivity index (χ3v) is 4.56. The van der Waals surface area contributed by atoms with Gasteiger partial charge in [0.25, 0.3) is 0 Å². The molecule has 108 valence electrons. The Kier molecular flexibility index (Phi) is 4.15. The predicted octanol–water partition coefficient (Wildman–Crippen LogP) is 3.93. The average Bonchev–Trinajstić information content (AvgIpc) is 2.87. The van der Waals surface area contributed by atoms with Gasteiger partial charge < -0.3 is 10.7 Å². The number of thioether (sulfide) groups is 1. The number of nitrogens with one attached hydrogen (secondary N) is 1. The van der Waals surface area contributed by atoms with E-state index in [-0.39, 0.29) is 0 Å². The fourth-order valence-electron chi connectivity index (χ4n) is 2.32. The van der Waals surface area contributed by atoms with Crippen LogP contribution in [0.1, 0.15) is 17.0 Å². The molecule has 0 aliphatic carbocycles. The Morgan fingerprint density at radius 2 is 2.05 bits per heavy atom. The standard InChI is InChI=1S/C17H19N3S/c1-12-4-2-3-5-13(12)11-21-9-8-17-19-15-7-6-14(18)10-16(15)20-17/h2-7,10H,8-9,11,18H2,1H3,(H,19,20). The van der Waals surface area contributed by atoms with E-state index < -0.39 is 0 Å². The second-order valence-electron chi connectivity index (χ2n) is 5.19. The number of nitrogens with two attached hydrogens (primary N) is 1. The summed E-state index contributed by atoms with van der Waals surface area (Å²) < 4.78 is 0. The van der Waals surface area contributed by atoms with Crippen LogP contribution >= 0.6 is 11.8 Å². The number of anilines is 1. The second-order valence-corrected chi connectivity index (χ2v) is 6.29. The normalized spacial score (nSPS) is 11.1. The van der Waals surface area contributed by atoms with Crippen LogP contribution in [0.25, 0.3) is 11.0 Å². The average molecular weight is 297 g/mol. The van der Waals surface area contributed by atoms with Crippen LogP contribution in [0, 0.1) is 6.92 Å². The largest absolute Gasteiger partial charge is 0.399 e. The predicted molar refractivity (Wildman–Crippen MR) is 91.6 cm³/mol. The molecule has 0 atom stereocenters. The number of aryl methyl sites for hydroxylation is 2. The molecule has 0 amide bonds. The Balaban J connectivity index is 1.56. The van der Waals surface area contributed by atoms with E-state index in [1.54, 1.807) is 0 Å². The van der Waals surface area contributed by atoms with Crippen molar-refractivity contribution in [2.75, 3.05) is 11.5 Å². The topological polar surface area (TPSA) is 54.7 Å². The van der Waals surface area contributed by atoms with Crippen molar-refractivity contribution in [2.24, 2.45) is 0 Å². The van der Waals surface area contributed by atoms with Gasteiger partial charge in [-0.25, -0.2) is 4.98 Å². The molecule has 0 bridgehead atoms. The van der Waals surface area contributed by atoms with Crippen molar-refractivity contribution in [1.29, 1.82) is 0 Å². The van der Waals surface area contributed by atoms with Crippen LogP contribution in [0.5, 0.6) is 0 Å². The van der Waals surface area contributed by atoms with E-state index in [1.807, 2.05) is 30.0 Å². The highest BCUT2D eigenvalue weighted by molar-refractivity contribution is 7.98. The van der Waals surface area contributed by atoms with Gasteiger partial charge >= 0.3 is 0 Å². The maximum atomic E-state index is 5.78. The Bertz CT molecular complexity index is 749. The van der Waals surface area contributed by atoms with E-state index in [0.717, 1.165) is 40.5 Å². The molecule has 2 aromatic carbocycles. The van der Waals surface area contributed by atoms with Gasteiger partial charge in [-0.3, -0.25) is 0 Å². The van der Waals surface area contributed by atoms with Crippen molar-refractivity contribution in [3.63, 3.8) is 0 Å². The molecule has 1 aromatic heterocycles. The summed E-state index contributed by atoms with van der Waals surface area (Å²) >= 11 is 1.94. The van der Waals surface area contributed by atoms with Crippen molar-refractivity contribution in [3.05, 3.63) is 59.4 Å². The molecule has 1 heterocycles. The van der Waals surface area contributed by atoms with Crippen LogP contribution in [-0.2, 0) is 12.2 Å². The number of hydrogen-bond donors (Lipinski definition) is 2. The summed E-state index contributed by atoms with van der Waals surface area (Å²) in [6.07, 6.45) is 0.950. The first-order valence-electron chi connectivity index (χ1n) is 7.09. The van der Waals surface area contributed by atoms with E-state index in [1.165, 1.54) is 11.1 Å². The molecule has 0 aliphatic rings. The first-order chi connectivity index (χ1) is 10.2. The lowest BCUT2D eigenvalue weighted by molar-refractivity contribution is 1.01. The molecule has 0 aliphatic heterocycles. The number of imidazole rings is 1. The fraction of sp³-hybridized carbons (Fsp3) is 0.235. The van der Waals surface area contributed by atoms with Gasteiger partial charge in [0.2, 0.25) is 0 Å². The van der Waals surface area contributed by atoms with Crippen LogP contribution < -0.4 is 5.73 Å². The van der Waals surface area contributed by atoms with E-state index in [9.17, 15) is 0 Å². The maximum absolute atomic E-state index is 5.78. The Morgan fingerprint density at radius 1 is 1.19 bits per heavy atom. The number of H-pyrrole nitrogens is 1. The highest BCUT2D eigenvalue weighted by atomic mass is 32.2. The molecule has 3 rings (SSSR count). The summed E-state index contributed by atoms with van der Waals surface area (Å²) in [5.41, 5.74) is 11.3. The summed E-state index contributed by atoms with van der Waals surface area (Å²) in [6.45, 7) is 2.17. The van der Waals surface area contributed by atoms with Crippen molar-refractivity contribution < 1.29 is 0 Å². The van der Waals surface area contributed by atoms with E-state index >= 15 is 0 Å². The van der Waals surface area contributed by atoms with Crippen molar-refractivity contribution >= 4 is 28.5 Å². The molecule has 0 spiro atoms. The van der Waals surface area contributed by atoms with Gasteiger partial charge in [-0.2, -0.15) is 11.8 Å². The molecule has 3 N–H and O–H groups in total. The number of fused-ring (bicyclic) bond motifs is 1. The molecule has 0 saturated heterocycles. The zero-order chi connectivity index (χ0) is 14.7. The number of nitrogen functional groups attached to an aromatic ring is 1. The highest BCUT2D eigenvalue weighted by Gasteiger charge is 2.03. The number of nitrogens with zero attached hydrogens (tertiary/aromatic N) is 1. The Hall–Kier alpha value is -1.94. The molecule has 3 aromatic rings. The SMILES string of the molecule is Cc1ccccc1CSCCc1nc2ccc(N)cc2[nH]1. The van der Waals surface area contributed by atoms with Crippen LogP contribution in [0.2, 0.25) is 0 Å². The third-order valence-electron chi connectivity index (χ3n) is 3.56. The molecule has 0 saturated carbocycles. The summed E-state index contributed by atoms with van der Waals surface area (Å²) in [6, 6.07) is 14.3. The smallest absolute Gasteiger partial charge is 0.108 e. The number of hydrogen-bond acceptors (Lipinski definition) is 3. The quantitative estimate of drug-likeness (QED) is 0.554. The minimum Gasteiger partial charge on any atom is -0.399 e. The number of benzene rings is 2. The molecule has 4 heteroatoms. The Morgan fingerprint density at radius 3 is 2.90 bits per heavy atom. The lowest BCUT2D eigenvalue weighted by Gasteiger charge is -2.04. The number of aromatic amines is 1. The molecular formula is C17H19N3S. The van der Waals surface area contributed by atoms with Crippen LogP contribution in [-0.4, -0.2) is 15.7 Å². The molecule has 0 unspecified atom stereocenters. The van der Waals surface area contributed by atoms with Gasteiger partial charge in [0.1, 0.15) is 5.82 Å². The lowest BCUT2D eigenvalue weighted by atomic mass is 10.1. The highest BCUT2D eigenvalue weighted by Crippen LogP contribution is 2.18. The van der Waals surface area contributed by atoms with Crippen molar-refractivity contribution in [2.45, 2.75) is 19.1 Å².